The summed E-state index contributed by atoms with van der Waals surface area (Å²) in [5.74, 6) is -1.21. The standard InChI is InChI=1S/C8H15N3.C6H3N3O7/c1-9-4-2-3-6-11-7-5-10-8-11;10-6-4(8(13)14)1-3(7(11)12)2-5(6)9(15)16/h5,7-9H,2-4,6H2,1H3;1-2,10H. The molecular weight excluding hydrogens is 364 g/mol. The molecule has 2 rings (SSSR count). The van der Waals surface area contributed by atoms with Crippen molar-refractivity contribution in [3.8, 4) is 5.75 Å². The molecule has 1 heterocycles. The van der Waals surface area contributed by atoms with Gasteiger partial charge in [-0.2, -0.15) is 0 Å². The highest BCUT2D eigenvalue weighted by Gasteiger charge is 2.30. The number of hydrogen-bond donors (Lipinski definition) is 2. The van der Waals surface area contributed by atoms with E-state index in [0.29, 0.717) is 12.1 Å². The van der Waals surface area contributed by atoms with Gasteiger partial charge < -0.3 is 15.0 Å². The van der Waals surface area contributed by atoms with Crippen molar-refractivity contribution in [2.24, 2.45) is 0 Å². The van der Waals surface area contributed by atoms with Crippen molar-refractivity contribution in [2.75, 3.05) is 13.6 Å². The van der Waals surface area contributed by atoms with Crippen LogP contribution >= 0.6 is 0 Å². The monoisotopic (exact) mass is 382 g/mol. The average Bonchev–Trinajstić information content (AvgIpc) is 3.12. The minimum atomic E-state index is -1.21. The van der Waals surface area contributed by atoms with Gasteiger partial charge in [-0.05, 0) is 26.4 Å². The van der Waals surface area contributed by atoms with E-state index in [0.717, 1.165) is 13.1 Å². The topological polar surface area (TPSA) is 179 Å². The highest BCUT2D eigenvalue weighted by molar-refractivity contribution is 5.64. The Morgan fingerprint density at radius 2 is 1.67 bits per heavy atom. The number of phenols is 1. The smallest absolute Gasteiger partial charge is 0.324 e. The summed E-state index contributed by atoms with van der Waals surface area (Å²) in [6, 6.07) is 0.894. The SMILES string of the molecule is CNCCCCn1ccnc1.O=[N+]([O-])c1cc([N+](=O)[O-])c(O)c([N+](=O)[O-])c1. The lowest BCUT2D eigenvalue weighted by Crippen LogP contribution is -2.08. The van der Waals surface area contributed by atoms with Crippen LogP contribution in [-0.2, 0) is 6.54 Å². The Kier molecular flexibility index (Phi) is 8.25. The third-order valence-corrected chi connectivity index (χ3v) is 3.31. The molecule has 1 aromatic carbocycles. The van der Waals surface area contributed by atoms with Crippen molar-refractivity contribution in [3.05, 3.63) is 61.2 Å². The van der Waals surface area contributed by atoms with E-state index in [1.54, 1.807) is 0 Å². The van der Waals surface area contributed by atoms with Gasteiger partial charge in [-0.25, -0.2) is 4.98 Å². The van der Waals surface area contributed by atoms with E-state index >= 15 is 0 Å². The second-order valence-electron chi connectivity index (χ2n) is 5.22. The molecular formula is C14H18N6O7. The first-order valence-electron chi connectivity index (χ1n) is 7.68. The molecule has 13 nitrogen and oxygen atoms in total. The van der Waals surface area contributed by atoms with Crippen LogP contribution in [0.25, 0.3) is 0 Å². The number of non-ortho nitro benzene ring substituents is 1. The number of hydrogen-bond acceptors (Lipinski definition) is 9. The third kappa shape index (κ3) is 6.66. The molecule has 1 aromatic heterocycles. The highest BCUT2D eigenvalue weighted by Crippen LogP contribution is 2.38. The molecule has 0 atom stereocenters. The predicted octanol–water partition coefficient (Wildman–Crippen LogP) is 2.00. The number of phenolic OH excluding ortho intramolecular Hbond substituents is 1. The molecule has 0 spiro atoms. The summed E-state index contributed by atoms with van der Waals surface area (Å²) in [7, 11) is 1.98. The Morgan fingerprint density at radius 1 is 1.07 bits per heavy atom. The van der Waals surface area contributed by atoms with Gasteiger partial charge in [0.2, 0.25) is 0 Å². The normalized spacial score (nSPS) is 9.96. The van der Waals surface area contributed by atoms with Crippen LogP contribution in [-0.4, -0.2) is 43.0 Å². The van der Waals surface area contributed by atoms with E-state index in [4.69, 9.17) is 5.11 Å². The zero-order valence-electron chi connectivity index (χ0n) is 14.3. The molecule has 2 aromatic rings. The molecule has 27 heavy (non-hydrogen) atoms. The molecule has 0 bridgehead atoms. The first-order valence-corrected chi connectivity index (χ1v) is 7.68. The summed E-state index contributed by atoms with van der Waals surface area (Å²) in [5.41, 5.74) is -3.00. The number of nitrogens with zero attached hydrogens (tertiary/aromatic N) is 5. The molecule has 0 radical (unpaired) electrons. The predicted molar refractivity (Wildman–Crippen MR) is 93.5 cm³/mol. The van der Waals surface area contributed by atoms with Crippen LogP contribution in [0, 0.1) is 30.3 Å². The summed E-state index contributed by atoms with van der Waals surface area (Å²) < 4.78 is 2.11. The second kappa shape index (κ2) is 10.4. The molecule has 2 N–H and O–H groups in total. The van der Waals surface area contributed by atoms with Gasteiger partial charge in [0, 0.05) is 18.9 Å². The molecule has 0 aliphatic carbocycles. The first-order chi connectivity index (χ1) is 12.8. The third-order valence-electron chi connectivity index (χ3n) is 3.31. The second-order valence-corrected chi connectivity index (χ2v) is 5.22. The molecule has 0 amide bonds. The van der Waals surface area contributed by atoms with E-state index in [1.807, 2.05) is 25.8 Å². The fourth-order valence-electron chi connectivity index (χ4n) is 1.99. The Balaban J connectivity index is 0.000000289. The number of unbranched alkanes of at least 4 members (excludes halogenated alkanes) is 1. The van der Waals surface area contributed by atoms with E-state index in [2.05, 4.69) is 14.9 Å². The van der Waals surface area contributed by atoms with E-state index in [1.165, 1.54) is 12.8 Å². The Morgan fingerprint density at radius 3 is 2.07 bits per heavy atom. The maximum absolute atomic E-state index is 10.4. The lowest BCUT2D eigenvalue weighted by molar-refractivity contribution is -0.404. The molecule has 146 valence electrons. The molecule has 0 saturated carbocycles. The van der Waals surface area contributed by atoms with Gasteiger partial charge in [-0.1, -0.05) is 0 Å². The summed E-state index contributed by atoms with van der Waals surface area (Å²) in [6.07, 6.45) is 8.13. The minimum Gasteiger partial charge on any atom is -0.497 e. The van der Waals surface area contributed by atoms with Crippen LogP contribution in [0.2, 0.25) is 0 Å². The lowest BCUT2D eigenvalue weighted by Gasteiger charge is -2.00. The van der Waals surface area contributed by atoms with Gasteiger partial charge in [-0.15, -0.1) is 0 Å². The number of nitrogens with one attached hydrogen (secondary N) is 1. The number of benzene rings is 1. The van der Waals surface area contributed by atoms with Crippen molar-refractivity contribution >= 4 is 17.1 Å². The van der Waals surface area contributed by atoms with Gasteiger partial charge in [0.1, 0.15) is 0 Å². The maximum atomic E-state index is 10.4. The average molecular weight is 382 g/mol. The molecule has 0 aliphatic heterocycles. The van der Waals surface area contributed by atoms with Crippen LogP contribution in [0.15, 0.2) is 30.9 Å². The van der Waals surface area contributed by atoms with Gasteiger partial charge in [0.25, 0.3) is 11.4 Å². The van der Waals surface area contributed by atoms with E-state index < -0.39 is 37.6 Å². The fraction of sp³-hybridized carbons (Fsp3) is 0.357. The number of aromatic nitrogens is 2. The number of nitro groups is 3. The molecule has 0 aliphatic rings. The fourth-order valence-corrected chi connectivity index (χ4v) is 1.99. The summed E-state index contributed by atoms with van der Waals surface area (Å²) in [6.45, 7) is 2.19. The van der Waals surface area contributed by atoms with Crippen LogP contribution in [0.1, 0.15) is 12.8 Å². The van der Waals surface area contributed by atoms with Crippen LogP contribution in [0.3, 0.4) is 0 Å². The zero-order chi connectivity index (χ0) is 20.4. The Labute approximate surface area is 152 Å². The lowest BCUT2D eigenvalue weighted by atomic mass is 10.2. The number of rotatable bonds is 8. The maximum Gasteiger partial charge on any atom is 0.324 e. The van der Waals surface area contributed by atoms with Crippen LogP contribution in [0.5, 0.6) is 5.75 Å². The van der Waals surface area contributed by atoms with Gasteiger partial charge in [-0.3, -0.25) is 30.3 Å². The molecule has 0 unspecified atom stereocenters. The van der Waals surface area contributed by atoms with Crippen LogP contribution in [0.4, 0.5) is 17.1 Å². The van der Waals surface area contributed by atoms with Crippen LogP contribution < -0.4 is 5.32 Å². The van der Waals surface area contributed by atoms with Crippen molar-refractivity contribution in [3.63, 3.8) is 0 Å². The first kappa shape index (κ1) is 21.4. The minimum absolute atomic E-state index is 0.447. The zero-order valence-corrected chi connectivity index (χ0v) is 14.3. The number of imidazole rings is 1. The van der Waals surface area contributed by atoms with Crippen molar-refractivity contribution in [2.45, 2.75) is 19.4 Å². The van der Waals surface area contributed by atoms with Crippen molar-refractivity contribution in [1.82, 2.24) is 14.9 Å². The summed E-state index contributed by atoms with van der Waals surface area (Å²) in [5, 5.41) is 43.3. The van der Waals surface area contributed by atoms with E-state index in [9.17, 15) is 30.3 Å². The highest BCUT2D eigenvalue weighted by atomic mass is 16.6. The summed E-state index contributed by atoms with van der Waals surface area (Å²) >= 11 is 0. The molecule has 0 saturated heterocycles. The number of nitro benzene ring substituents is 3. The van der Waals surface area contributed by atoms with Crippen molar-refractivity contribution in [1.29, 1.82) is 0 Å². The Hall–Kier alpha value is -3.61. The number of aromatic hydroxyl groups is 1. The Bertz CT molecular complexity index is 758. The quantitative estimate of drug-likeness (QED) is 0.392. The van der Waals surface area contributed by atoms with E-state index in [-0.39, 0.29) is 0 Å². The molecule has 13 heteroatoms. The van der Waals surface area contributed by atoms with Gasteiger partial charge in [0.05, 0.1) is 33.2 Å². The summed E-state index contributed by atoms with van der Waals surface area (Å²) in [4.78, 5) is 31.7. The number of aryl methyl sites for hydroxylation is 1. The molecule has 0 fully saturated rings. The van der Waals surface area contributed by atoms with Gasteiger partial charge in [0.15, 0.2) is 0 Å². The van der Waals surface area contributed by atoms with Gasteiger partial charge >= 0.3 is 11.4 Å². The van der Waals surface area contributed by atoms with Crippen molar-refractivity contribution < 1.29 is 19.9 Å². The largest absolute Gasteiger partial charge is 0.497 e.